The Morgan fingerprint density at radius 2 is 1.91 bits per heavy atom. The van der Waals surface area contributed by atoms with E-state index >= 15 is 0 Å². The molecule has 3 rings (SSSR count). The van der Waals surface area contributed by atoms with Gasteiger partial charge in [-0.15, -0.1) is 0 Å². The van der Waals surface area contributed by atoms with Crippen LogP contribution in [-0.4, -0.2) is 0 Å². The zero-order valence-electron chi connectivity index (χ0n) is 12.4. The molecule has 0 spiro atoms. The summed E-state index contributed by atoms with van der Waals surface area (Å²) < 4.78 is 37.1. The normalized spacial score (nSPS) is 10.9. The van der Waals surface area contributed by atoms with Gasteiger partial charge in [-0.3, -0.25) is 0 Å². The Bertz CT molecular complexity index is 916. The predicted octanol–water partition coefficient (Wildman–Crippen LogP) is 4.21. The first-order valence-corrected chi connectivity index (χ1v) is 7.20. The summed E-state index contributed by atoms with van der Waals surface area (Å²) in [7, 11) is 0. The largest absolute Gasteiger partial charge is 0.486 e. The number of aryl methyl sites for hydroxylation is 1. The summed E-state index contributed by atoms with van der Waals surface area (Å²) >= 11 is 0. The maximum Gasteiger partial charge on any atom is 0.336 e. The van der Waals surface area contributed by atoms with Crippen molar-refractivity contribution < 1.29 is 17.9 Å². The van der Waals surface area contributed by atoms with E-state index in [1.165, 1.54) is 12.1 Å². The Balaban J connectivity index is 1.94. The van der Waals surface area contributed by atoms with Gasteiger partial charge in [-0.1, -0.05) is 19.1 Å². The smallest absolute Gasteiger partial charge is 0.336 e. The van der Waals surface area contributed by atoms with Crippen LogP contribution in [0, 0.1) is 11.6 Å². The fourth-order valence-corrected chi connectivity index (χ4v) is 2.36. The summed E-state index contributed by atoms with van der Waals surface area (Å²) in [5.74, 6) is -1.53. The summed E-state index contributed by atoms with van der Waals surface area (Å²) in [6, 6.07) is 9.98. The molecule has 0 unspecified atom stereocenters. The van der Waals surface area contributed by atoms with Crippen molar-refractivity contribution in [2.45, 2.75) is 20.0 Å². The topological polar surface area (TPSA) is 39.4 Å². The molecule has 1 aromatic heterocycles. The van der Waals surface area contributed by atoms with Crippen molar-refractivity contribution in [3.05, 3.63) is 75.6 Å². The van der Waals surface area contributed by atoms with Gasteiger partial charge in [-0.25, -0.2) is 13.6 Å². The van der Waals surface area contributed by atoms with E-state index in [0.717, 1.165) is 29.5 Å². The highest BCUT2D eigenvalue weighted by Crippen LogP contribution is 2.23. The second-order valence-corrected chi connectivity index (χ2v) is 5.14. The van der Waals surface area contributed by atoms with Gasteiger partial charge in [0.25, 0.3) is 0 Å². The molecule has 0 saturated heterocycles. The Kier molecular flexibility index (Phi) is 4.10. The molecular weight excluding hydrogens is 302 g/mol. The van der Waals surface area contributed by atoms with Crippen molar-refractivity contribution >= 4 is 11.0 Å². The molecule has 0 atom stereocenters. The second-order valence-electron chi connectivity index (χ2n) is 5.14. The van der Waals surface area contributed by atoms with Crippen LogP contribution in [0.15, 0.2) is 51.7 Å². The summed E-state index contributed by atoms with van der Waals surface area (Å²) in [6.45, 7) is 1.99. The molecule has 0 aliphatic rings. The lowest BCUT2D eigenvalue weighted by Crippen LogP contribution is -2.05. The van der Waals surface area contributed by atoms with Crippen LogP contribution in [0.4, 0.5) is 8.78 Å². The zero-order chi connectivity index (χ0) is 16.4. The minimum Gasteiger partial charge on any atom is -0.486 e. The van der Waals surface area contributed by atoms with E-state index < -0.39 is 17.3 Å². The van der Waals surface area contributed by atoms with Gasteiger partial charge in [0.05, 0.1) is 0 Å². The van der Waals surface area contributed by atoms with Crippen LogP contribution in [0.5, 0.6) is 5.75 Å². The van der Waals surface area contributed by atoms with Crippen LogP contribution >= 0.6 is 0 Å². The second kappa shape index (κ2) is 6.20. The Hall–Kier alpha value is -2.69. The molecule has 3 nitrogen and oxygen atoms in total. The van der Waals surface area contributed by atoms with Crippen molar-refractivity contribution in [2.24, 2.45) is 0 Å². The summed E-state index contributed by atoms with van der Waals surface area (Å²) in [6.07, 6.45) is 0.821. The molecule has 0 N–H and O–H groups in total. The van der Waals surface area contributed by atoms with Gasteiger partial charge in [0.1, 0.15) is 18.0 Å². The van der Waals surface area contributed by atoms with E-state index in [1.807, 2.05) is 19.1 Å². The number of rotatable bonds is 4. The third kappa shape index (κ3) is 3.23. The van der Waals surface area contributed by atoms with Crippen molar-refractivity contribution in [1.82, 2.24) is 0 Å². The molecule has 0 fully saturated rings. The maximum atomic E-state index is 13.6. The van der Waals surface area contributed by atoms with Crippen LogP contribution in [0.2, 0.25) is 0 Å². The van der Waals surface area contributed by atoms with Crippen molar-refractivity contribution in [1.29, 1.82) is 0 Å². The lowest BCUT2D eigenvalue weighted by molar-refractivity contribution is 0.290. The number of hydrogen-bond acceptors (Lipinski definition) is 3. The highest BCUT2D eigenvalue weighted by atomic mass is 19.1. The number of benzene rings is 2. The van der Waals surface area contributed by atoms with E-state index in [1.54, 1.807) is 6.07 Å². The molecule has 5 heteroatoms. The van der Waals surface area contributed by atoms with Crippen molar-refractivity contribution in [3.8, 4) is 5.75 Å². The first-order valence-electron chi connectivity index (χ1n) is 7.20. The molecule has 0 aliphatic heterocycles. The monoisotopic (exact) mass is 316 g/mol. The van der Waals surface area contributed by atoms with E-state index in [4.69, 9.17) is 9.15 Å². The average Bonchev–Trinajstić information content (AvgIpc) is 2.53. The summed E-state index contributed by atoms with van der Waals surface area (Å²) in [5, 5.41) is 0.726. The fraction of sp³-hybridized carbons (Fsp3) is 0.167. The van der Waals surface area contributed by atoms with Gasteiger partial charge < -0.3 is 9.15 Å². The molecule has 3 aromatic rings. The number of hydrogen-bond donors (Lipinski definition) is 0. The standard InChI is InChI=1S/C18H14F2O3/c1-2-11-3-5-14-12(8-18(21)23-17(14)7-11)10-22-16-6-4-13(19)9-15(16)20/h3-9H,2,10H2,1H3. The van der Waals surface area contributed by atoms with E-state index in [9.17, 15) is 13.6 Å². The van der Waals surface area contributed by atoms with Crippen LogP contribution in [0.25, 0.3) is 11.0 Å². The molecule has 0 aliphatic carbocycles. The lowest BCUT2D eigenvalue weighted by Gasteiger charge is -2.09. The quantitative estimate of drug-likeness (QED) is 0.677. The number of ether oxygens (including phenoxy) is 1. The van der Waals surface area contributed by atoms with Crippen molar-refractivity contribution in [2.75, 3.05) is 0 Å². The van der Waals surface area contributed by atoms with Gasteiger partial charge in [0, 0.05) is 23.1 Å². The highest BCUT2D eigenvalue weighted by molar-refractivity contribution is 5.80. The Labute approximate surface area is 131 Å². The van der Waals surface area contributed by atoms with Crippen LogP contribution < -0.4 is 10.4 Å². The van der Waals surface area contributed by atoms with Crippen LogP contribution in [-0.2, 0) is 13.0 Å². The zero-order valence-corrected chi connectivity index (χ0v) is 12.4. The van der Waals surface area contributed by atoms with Crippen LogP contribution in [0.1, 0.15) is 18.1 Å². The lowest BCUT2D eigenvalue weighted by atomic mass is 10.1. The van der Waals surface area contributed by atoms with Gasteiger partial charge in [0.2, 0.25) is 0 Å². The highest BCUT2D eigenvalue weighted by Gasteiger charge is 2.09. The maximum absolute atomic E-state index is 13.6. The van der Waals surface area contributed by atoms with E-state index in [2.05, 4.69) is 0 Å². The van der Waals surface area contributed by atoms with E-state index in [-0.39, 0.29) is 12.4 Å². The third-order valence-electron chi connectivity index (χ3n) is 3.58. The van der Waals surface area contributed by atoms with E-state index in [0.29, 0.717) is 11.1 Å². The molecule has 23 heavy (non-hydrogen) atoms. The Morgan fingerprint density at radius 1 is 1.09 bits per heavy atom. The predicted molar refractivity (Wildman–Crippen MR) is 82.6 cm³/mol. The van der Waals surface area contributed by atoms with Crippen molar-refractivity contribution in [3.63, 3.8) is 0 Å². The number of fused-ring (bicyclic) bond motifs is 1. The van der Waals surface area contributed by atoms with Gasteiger partial charge >= 0.3 is 5.63 Å². The average molecular weight is 316 g/mol. The molecule has 0 amide bonds. The molecule has 2 aromatic carbocycles. The molecule has 0 radical (unpaired) electrons. The van der Waals surface area contributed by atoms with Gasteiger partial charge in [-0.2, -0.15) is 0 Å². The molecular formula is C18H14F2O3. The van der Waals surface area contributed by atoms with Gasteiger partial charge in [0.15, 0.2) is 11.6 Å². The minimum atomic E-state index is -0.787. The van der Waals surface area contributed by atoms with Gasteiger partial charge in [-0.05, 0) is 30.2 Å². The SMILES string of the molecule is CCc1ccc2c(COc3ccc(F)cc3F)cc(=O)oc2c1. The third-order valence-corrected chi connectivity index (χ3v) is 3.58. The first-order chi connectivity index (χ1) is 11.1. The molecule has 1 heterocycles. The fourth-order valence-electron chi connectivity index (χ4n) is 2.36. The molecule has 0 saturated carbocycles. The molecule has 0 bridgehead atoms. The Morgan fingerprint density at radius 3 is 2.65 bits per heavy atom. The first kappa shape index (κ1) is 15.2. The molecule has 118 valence electrons. The summed E-state index contributed by atoms with van der Waals surface area (Å²) in [4.78, 5) is 11.7. The minimum absolute atomic E-state index is 0.0177. The van der Waals surface area contributed by atoms with Crippen LogP contribution in [0.3, 0.4) is 0 Å². The summed E-state index contributed by atoms with van der Waals surface area (Å²) in [5.41, 5.74) is 1.60. The number of halogens is 2.